The van der Waals surface area contributed by atoms with E-state index in [1.807, 2.05) is 6.07 Å². The first-order chi connectivity index (χ1) is 17.5. The van der Waals surface area contributed by atoms with Crippen LogP contribution in [0.15, 0.2) is 18.2 Å². The average Bonchev–Trinajstić information content (AvgIpc) is 2.86. The summed E-state index contributed by atoms with van der Waals surface area (Å²) in [4.78, 5) is 40.5. The largest absolute Gasteiger partial charge is 0.374 e. The molecule has 8 nitrogen and oxygen atoms in total. The normalized spacial score (nSPS) is 28.0. The van der Waals surface area contributed by atoms with Gasteiger partial charge in [-0.05, 0) is 63.6 Å². The second-order valence-corrected chi connectivity index (χ2v) is 10.7. The van der Waals surface area contributed by atoms with Crippen LogP contribution in [0.5, 0.6) is 0 Å². The number of nitriles is 1. The molecule has 4 fully saturated rings. The van der Waals surface area contributed by atoms with Gasteiger partial charge in [0, 0.05) is 35.6 Å². The quantitative estimate of drug-likeness (QED) is 0.495. The molecule has 1 saturated carbocycles. The molecule has 6 atom stereocenters. The molecule has 3 amide bonds. The van der Waals surface area contributed by atoms with E-state index >= 15 is 0 Å². The Morgan fingerprint density at radius 3 is 2.76 bits per heavy atom. The fraction of sp³-hybridized carbons (Fsp3) is 0.615. The van der Waals surface area contributed by atoms with Crippen LogP contribution in [0.1, 0.15) is 51.0 Å². The monoisotopic (exact) mass is 535 g/mol. The molecule has 0 spiro atoms. The lowest BCUT2D eigenvalue weighted by Crippen LogP contribution is -2.70. The third-order valence-electron chi connectivity index (χ3n) is 7.86. The first-order valence-corrected chi connectivity index (χ1v) is 13.1. The summed E-state index contributed by atoms with van der Waals surface area (Å²) in [5, 5.41) is 18.6. The Kier molecular flexibility index (Phi) is 7.93. The first-order valence-electron chi connectivity index (χ1n) is 12.7. The molecule has 3 saturated heterocycles. The molecule has 2 bridgehead atoms. The average molecular weight is 536 g/mol. The summed E-state index contributed by atoms with van der Waals surface area (Å²) in [7, 11) is 0. The highest BCUT2D eigenvalue weighted by molar-refractivity contribution is 6.31. The molecule has 0 unspecified atom stereocenters. The summed E-state index contributed by atoms with van der Waals surface area (Å²) < 4.78 is 29.9. The van der Waals surface area contributed by atoms with Gasteiger partial charge in [0.15, 0.2) is 0 Å². The number of carbonyl (C=O) groups is 3. The van der Waals surface area contributed by atoms with Gasteiger partial charge in [-0.25, -0.2) is 8.78 Å². The maximum Gasteiger partial charge on any atom is 0.255 e. The summed E-state index contributed by atoms with van der Waals surface area (Å²) in [5.41, 5.74) is 1.38. The molecule has 3 N–H and O–H groups in total. The number of alkyl halides is 2. The summed E-state index contributed by atoms with van der Waals surface area (Å²) in [6.07, 6.45) is 1.42. The van der Waals surface area contributed by atoms with E-state index in [0.717, 1.165) is 12.0 Å². The Morgan fingerprint density at radius 1 is 1.32 bits per heavy atom. The SMILES string of the molecule is Cc1c(Cl)cccc1N[C@H](C)C(=O)N1[C@@H]2CC[C@H]([C@@H]1C(=O)N[C@@H](C#N)C[C@@H]1CCCNC1=O)C(F)(F)C2. The van der Waals surface area contributed by atoms with Crippen molar-refractivity contribution in [3.05, 3.63) is 28.8 Å². The van der Waals surface area contributed by atoms with Crippen molar-refractivity contribution >= 4 is 35.0 Å². The molecule has 0 radical (unpaired) electrons. The fourth-order valence-corrected chi connectivity index (χ4v) is 6.03. The molecular weight excluding hydrogens is 504 g/mol. The number of halogens is 3. The lowest BCUT2D eigenvalue weighted by Gasteiger charge is -2.54. The minimum Gasteiger partial charge on any atom is -0.374 e. The molecule has 11 heteroatoms. The summed E-state index contributed by atoms with van der Waals surface area (Å²) in [6.45, 7) is 3.99. The predicted molar refractivity (Wildman–Crippen MR) is 134 cm³/mol. The van der Waals surface area contributed by atoms with Crippen LogP contribution in [0.25, 0.3) is 0 Å². The number of fused-ring (bicyclic) bond motifs is 3. The highest BCUT2D eigenvalue weighted by Crippen LogP contribution is 2.49. The Balaban J connectivity index is 1.54. The van der Waals surface area contributed by atoms with Crippen molar-refractivity contribution < 1.29 is 23.2 Å². The van der Waals surface area contributed by atoms with E-state index in [1.54, 1.807) is 32.0 Å². The van der Waals surface area contributed by atoms with Crippen molar-refractivity contribution in [2.24, 2.45) is 11.8 Å². The molecule has 1 aromatic carbocycles. The molecular formula is C26H32ClF2N5O3. The Morgan fingerprint density at radius 2 is 2.08 bits per heavy atom. The standard InChI is InChI=1S/C26H32ClF2N5O3/c1-14-20(27)6-3-7-21(14)32-15(2)25(37)34-18-8-9-19(26(28,29)12-18)22(34)24(36)33-17(13-30)11-16-5-4-10-31-23(16)35/h3,6-7,15-19,22,32H,4-5,8-12H2,1-2H3,(H,31,35)(H,33,36)/t15-,16+,17-,18-,19-,22-/m1/s1. The lowest BCUT2D eigenvalue weighted by molar-refractivity contribution is -0.194. The van der Waals surface area contributed by atoms with E-state index in [2.05, 4.69) is 16.0 Å². The number of hydrogen-bond acceptors (Lipinski definition) is 5. The summed E-state index contributed by atoms with van der Waals surface area (Å²) in [5.74, 6) is -6.32. The number of hydrogen-bond donors (Lipinski definition) is 3. The molecule has 1 aliphatic carbocycles. The lowest BCUT2D eigenvalue weighted by atomic mass is 9.71. The van der Waals surface area contributed by atoms with Crippen LogP contribution in [0, 0.1) is 30.1 Å². The number of nitrogens with zero attached hydrogens (tertiary/aromatic N) is 2. The number of benzene rings is 1. The Hall–Kier alpha value is -2.93. The molecule has 4 aliphatic rings. The number of piperidine rings is 3. The molecule has 3 aliphatic heterocycles. The molecule has 1 aromatic rings. The second-order valence-electron chi connectivity index (χ2n) is 10.3. The van der Waals surface area contributed by atoms with Crippen molar-refractivity contribution in [1.29, 1.82) is 5.26 Å². The maximum atomic E-state index is 15.0. The van der Waals surface area contributed by atoms with Crippen LogP contribution in [-0.4, -0.2) is 59.3 Å². The van der Waals surface area contributed by atoms with Gasteiger partial charge in [0.2, 0.25) is 17.7 Å². The zero-order valence-corrected chi connectivity index (χ0v) is 21.7. The number of carbonyl (C=O) groups excluding carboxylic acids is 3. The minimum atomic E-state index is -3.10. The van der Waals surface area contributed by atoms with E-state index in [-0.39, 0.29) is 18.7 Å². The van der Waals surface area contributed by atoms with Crippen LogP contribution in [0.3, 0.4) is 0 Å². The Bertz CT molecular complexity index is 1110. The van der Waals surface area contributed by atoms with E-state index in [0.29, 0.717) is 30.1 Å². The summed E-state index contributed by atoms with van der Waals surface area (Å²) >= 11 is 6.19. The highest BCUT2D eigenvalue weighted by Gasteiger charge is 2.60. The van der Waals surface area contributed by atoms with Gasteiger partial charge < -0.3 is 20.9 Å². The van der Waals surface area contributed by atoms with Gasteiger partial charge in [0.25, 0.3) is 5.92 Å². The van der Waals surface area contributed by atoms with Gasteiger partial charge in [-0.15, -0.1) is 0 Å². The van der Waals surface area contributed by atoms with Crippen molar-refractivity contribution in [2.45, 2.75) is 82.5 Å². The molecule has 3 heterocycles. The zero-order chi connectivity index (χ0) is 26.9. The number of amides is 3. The van der Waals surface area contributed by atoms with Gasteiger partial charge in [-0.1, -0.05) is 17.7 Å². The van der Waals surface area contributed by atoms with E-state index < -0.39 is 60.2 Å². The van der Waals surface area contributed by atoms with Gasteiger partial charge in [-0.2, -0.15) is 5.26 Å². The highest BCUT2D eigenvalue weighted by atomic mass is 35.5. The van der Waals surface area contributed by atoms with Crippen LogP contribution >= 0.6 is 11.6 Å². The van der Waals surface area contributed by atoms with Crippen molar-refractivity contribution in [3.8, 4) is 6.07 Å². The molecule has 37 heavy (non-hydrogen) atoms. The molecule has 5 rings (SSSR count). The van der Waals surface area contributed by atoms with Crippen molar-refractivity contribution in [2.75, 3.05) is 11.9 Å². The topological polar surface area (TPSA) is 114 Å². The summed E-state index contributed by atoms with van der Waals surface area (Å²) in [6, 6.07) is 3.18. The van der Waals surface area contributed by atoms with Crippen LogP contribution in [-0.2, 0) is 14.4 Å². The van der Waals surface area contributed by atoms with Gasteiger partial charge in [0.05, 0.1) is 12.0 Å². The zero-order valence-electron chi connectivity index (χ0n) is 20.9. The number of rotatable bonds is 7. The van der Waals surface area contributed by atoms with Gasteiger partial charge in [0.1, 0.15) is 18.1 Å². The molecule has 0 aromatic heterocycles. The predicted octanol–water partition coefficient (Wildman–Crippen LogP) is 3.39. The maximum absolute atomic E-state index is 15.0. The van der Waals surface area contributed by atoms with E-state index in [9.17, 15) is 28.4 Å². The number of anilines is 1. The molecule has 200 valence electrons. The van der Waals surface area contributed by atoms with Crippen LogP contribution < -0.4 is 16.0 Å². The minimum absolute atomic E-state index is 0.0885. The van der Waals surface area contributed by atoms with E-state index in [1.165, 1.54) is 4.90 Å². The van der Waals surface area contributed by atoms with Gasteiger partial charge in [-0.3, -0.25) is 14.4 Å². The third kappa shape index (κ3) is 5.52. The van der Waals surface area contributed by atoms with E-state index in [4.69, 9.17) is 11.6 Å². The fourth-order valence-electron chi connectivity index (χ4n) is 5.85. The number of nitrogens with one attached hydrogen (secondary N) is 3. The van der Waals surface area contributed by atoms with Crippen LogP contribution in [0.2, 0.25) is 5.02 Å². The third-order valence-corrected chi connectivity index (χ3v) is 8.27. The smallest absolute Gasteiger partial charge is 0.255 e. The second kappa shape index (κ2) is 10.8. The van der Waals surface area contributed by atoms with Crippen LogP contribution in [0.4, 0.5) is 14.5 Å². The van der Waals surface area contributed by atoms with Crippen molar-refractivity contribution in [1.82, 2.24) is 15.5 Å². The van der Waals surface area contributed by atoms with Gasteiger partial charge >= 0.3 is 0 Å². The Labute approximate surface area is 220 Å². The first kappa shape index (κ1) is 27.1. The van der Waals surface area contributed by atoms with Crippen molar-refractivity contribution in [3.63, 3.8) is 0 Å².